The van der Waals surface area contributed by atoms with Gasteiger partial charge < -0.3 is 4.74 Å². The Morgan fingerprint density at radius 3 is 3.18 bits per heavy atom. The van der Waals surface area contributed by atoms with Crippen LogP contribution in [0.2, 0.25) is 0 Å². The predicted molar refractivity (Wildman–Crippen MR) is 38.7 cm³/mol. The third-order valence-corrected chi connectivity index (χ3v) is 1.56. The van der Waals surface area contributed by atoms with Crippen molar-refractivity contribution in [1.82, 2.24) is 5.48 Å². The second-order valence-corrected chi connectivity index (χ2v) is 2.70. The average molecular weight is 159 g/mol. The van der Waals surface area contributed by atoms with Gasteiger partial charge in [-0.2, -0.15) is 0 Å². The summed E-state index contributed by atoms with van der Waals surface area (Å²) in [5.74, 6) is 0.283. The first kappa shape index (κ1) is 8.49. The molecule has 0 aromatic heterocycles. The number of amides is 1. The number of rotatable bonds is 3. The van der Waals surface area contributed by atoms with Crippen molar-refractivity contribution in [2.45, 2.75) is 13.3 Å². The number of ether oxygens (including phenoxy) is 1. The van der Waals surface area contributed by atoms with E-state index >= 15 is 0 Å². The van der Waals surface area contributed by atoms with Crippen molar-refractivity contribution in [3.05, 3.63) is 0 Å². The van der Waals surface area contributed by atoms with E-state index in [9.17, 15) is 4.79 Å². The van der Waals surface area contributed by atoms with Crippen LogP contribution in [0.25, 0.3) is 0 Å². The van der Waals surface area contributed by atoms with E-state index in [0.29, 0.717) is 12.5 Å². The standard InChI is InChI=1S/C7H13NO3/c1-6(9)8-11-5-7-2-3-10-4-7/h7H,2-5H2,1H3,(H,8,9). The third kappa shape index (κ3) is 3.34. The van der Waals surface area contributed by atoms with Crippen LogP contribution >= 0.6 is 0 Å². The van der Waals surface area contributed by atoms with Gasteiger partial charge in [-0.15, -0.1) is 0 Å². The molecular formula is C7H13NO3. The molecule has 64 valence electrons. The SMILES string of the molecule is CC(=O)NOCC1CCOC1. The minimum Gasteiger partial charge on any atom is -0.381 e. The molecule has 0 aromatic rings. The van der Waals surface area contributed by atoms with Gasteiger partial charge in [0.2, 0.25) is 5.91 Å². The fraction of sp³-hybridized carbons (Fsp3) is 0.857. The monoisotopic (exact) mass is 159 g/mol. The van der Waals surface area contributed by atoms with Gasteiger partial charge in [0.25, 0.3) is 0 Å². The average Bonchev–Trinajstić information content (AvgIpc) is 2.39. The molecule has 1 amide bonds. The molecule has 1 fully saturated rings. The second-order valence-electron chi connectivity index (χ2n) is 2.70. The molecule has 0 bridgehead atoms. The van der Waals surface area contributed by atoms with Crippen LogP contribution < -0.4 is 5.48 Å². The molecule has 1 unspecified atom stereocenters. The van der Waals surface area contributed by atoms with Gasteiger partial charge in [0, 0.05) is 19.4 Å². The van der Waals surface area contributed by atoms with Crippen LogP contribution in [0.3, 0.4) is 0 Å². The zero-order chi connectivity index (χ0) is 8.10. The van der Waals surface area contributed by atoms with Gasteiger partial charge in [-0.05, 0) is 6.42 Å². The summed E-state index contributed by atoms with van der Waals surface area (Å²) >= 11 is 0. The molecule has 1 heterocycles. The lowest BCUT2D eigenvalue weighted by molar-refractivity contribution is -0.132. The first-order valence-corrected chi connectivity index (χ1v) is 3.75. The second kappa shape index (κ2) is 4.31. The Balaban J connectivity index is 1.98. The summed E-state index contributed by atoms with van der Waals surface area (Å²) in [6.07, 6.45) is 1.03. The van der Waals surface area contributed by atoms with Gasteiger partial charge in [0.15, 0.2) is 0 Å². The van der Waals surface area contributed by atoms with Gasteiger partial charge in [-0.3, -0.25) is 9.63 Å². The van der Waals surface area contributed by atoms with Gasteiger partial charge in [-0.25, -0.2) is 5.48 Å². The number of hydrogen-bond acceptors (Lipinski definition) is 3. The Morgan fingerprint density at radius 1 is 1.82 bits per heavy atom. The van der Waals surface area contributed by atoms with Crippen molar-refractivity contribution in [3.8, 4) is 0 Å². The molecule has 1 saturated heterocycles. The summed E-state index contributed by atoms with van der Waals surface area (Å²) in [6.45, 7) is 3.54. The van der Waals surface area contributed by atoms with Crippen LogP contribution in [0, 0.1) is 5.92 Å². The number of nitrogens with one attached hydrogen (secondary N) is 1. The zero-order valence-corrected chi connectivity index (χ0v) is 6.63. The summed E-state index contributed by atoms with van der Waals surface area (Å²) < 4.78 is 5.12. The van der Waals surface area contributed by atoms with E-state index < -0.39 is 0 Å². The normalized spacial score (nSPS) is 23.5. The molecule has 1 rings (SSSR count). The van der Waals surface area contributed by atoms with E-state index in [2.05, 4.69) is 5.48 Å². The van der Waals surface area contributed by atoms with Crippen molar-refractivity contribution in [2.75, 3.05) is 19.8 Å². The van der Waals surface area contributed by atoms with Crippen molar-refractivity contribution in [3.63, 3.8) is 0 Å². The Bertz CT molecular complexity index is 132. The minimum absolute atomic E-state index is 0.163. The first-order chi connectivity index (χ1) is 5.29. The highest BCUT2D eigenvalue weighted by atomic mass is 16.7. The predicted octanol–water partition coefficient (Wildman–Crippen LogP) is 0.0906. The van der Waals surface area contributed by atoms with Crippen LogP contribution in [0.1, 0.15) is 13.3 Å². The van der Waals surface area contributed by atoms with Crippen LogP contribution in [0.5, 0.6) is 0 Å². The van der Waals surface area contributed by atoms with Crippen LogP contribution in [-0.4, -0.2) is 25.7 Å². The van der Waals surface area contributed by atoms with Crippen LogP contribution in [0.15, 0.2) is 0 Å². The number of hydrogen-bond donors (Lipinski definition) is 1. The number of carbonyl (C=O) groups excluding carboxylic acids is 1. The molecule has 0 aromatic carbocycles. The summed E-state index contributed by atoms with van der Waals surface area (Å²) in [5, 5.41) is 0. The zero-order valence-electron chi connectivity index (χ0n) is 6.63. The molecule has 4 heteroatoms. The van der Waals surface area contributed by atoms with Crippen LogP contribution in [0.4, 0.5) is 0 Å². The quantitative estimate of drug-likeness (QED) is 0.594. The topological polar surface area (TPSA) is 47.6 Å². The highest BCUT2D eigenvalue weighted by molar-refractivity contribution is 5.71. The molecule has 0 radical (unpaired) electrons. The molecule has 0 aliphatic carbocycles. The highest BCUT2D eigenvalue weighted by Gasteiger charge is 2.15. The maximum atomic E-state index is 10.4. The van der Waals surface area contributed by atoms with Crippen LogP contribution in [-0.2, 0) is 14.4 Å². The fourth-order valence-corrected chi connectivity index (χ4v) is 0.976. The Morgan fingerprint density at radius 2 is 2.64 bits per heavy atom. The Hall–Kier alpha value is -0.610. The number of carbonyl (C=O) groups is 1. The molecule has 4 nitrogen and oxygen atoms in total. The summed E-state index contributed by atoms with van der Waals surface area (Å²) in [4.78, 5) is 15.2. The lowest BCUT2D eigenvalue weighted by Gasteiger charge is -2.06. The van der Waals surface area contributed by atoms with Gasteiger partial charge in [0.05, 0.1) is 13.2 Å². The van der Waals surface area contributed by atoms with Gasteiger partial charge in [0.1, 0.15) is 0 Å². The summed E-state index contributed by atoms with van der Waals surface area (Å²) in [7, 11) is 0. The van der Waals surface area contributed by atoms with Crippen molar-refractivity contribution >= 4 is 5.91 Å². The first-order valence-electron chi connectivity index (χ1n) is 3.75. The van der Waals surface area contributed by atoms with Gasteiger partial charge in [-0.1, -0.05) is 0 Å². The third-order valence-electron chi connectivity index (χ3n) is 1.56. The molecule has 0 spiro atoms. The minimum atomic E-state index is -0.163. The largest absolute Gasteiger partial charge is 0.381 e. The maximum Gasteiger partial charge on any atom is 0.240 e. The van der Waals surface area contributed by atoms with E-state index in [1.54, 1.807) is 0 Å². The molecule has 1 aliphatic heterocycles. The summed E-state index contributed by atoms with van der Waals surface area (Å²) in [6, 6.07) is 0. The molecule has 1 atom stereocenters. The molecular weight excluding hydrogens is 146 g/mol. The van der Waals surface area contributed by atoms with E-state index in [1.807, 2.05) is 0 Å². The highest BCUT2D eigenvalue weighted by Crippen LogP contribution is 2.11. The smallest absolute Gasteiger partial charge is 0.240 e. The van der Waals surface area contributed by atoms with Crippen molar-refractivity contribution < 1.29 is 14.4 Å². The lowest BCUT2D eigenvalue weighted by Crippen LogP contribution is -2.24. The van der Waals surface area contributed by atoms with Crippen molar-refractivity contribution in [1.29, 1.82) is 0 Å². The molecule has 11 heavy (non-hydrogen) atoms. The van der Waals surface area contributed by atoms with E-state index in [1.165, 1.54) is 6.92 Å². The van der Waals surface area contributed by atoms with E-state index in [-0.39, 0.29) is 5.91 Å². The maximum absolute atomic E-state index is 10.4. The molecule has 1 aliphatic rings. The Kier molecular flexibility index (Phi) is 3.32. The van der Waals surface area contributed by atoms with E-state index in [4.69, 9.17) is 9.57 Å². The summed E-state index contributed by atoms with van der Waals surface area (Å²) in [5.41, 5.74) is 2.28. The van der Waals surface area contributed by atoms with Gasteiger partial charge >= 0.3 is 0 Å². The lowest BCUT2D eigenvalue weighted by atomic mass is 10.1. The van der Waals surface area contributed by atoms with E-state index in [0.717, 1.165) is 19.6 Å². The number of hydroxylamine groups is 1. The molecule has 0 saturated carbocycles. The Labute approximate surface area is 65.8 Å². The van der Waals surface area contributed by atoms with Crippen molar-refractivity contribution in [2.24, 2.45) is 5.92 Å². The molecule has 1 N–H and O–H groups in total. The fourth-order valence-electron chi connectivity index (χ4n) is 0.976.